The summed E-state index contributed by atoms with van der Waals surface area (Å²) >= 11 is 0. The summed E-state index contributed by atoms with van der Waals surface area (Å²) in [5, 5.41) is 31.6. The van der Waals surface area contributed by atoms with Gasteiger partial charge in [0.2, 0.25) is 12.5 Å². The molecule has 2 aromatic rings. The number of carbonyl (C=O) groups is 1. The van der Waals surface area contributed by atoms with Crippen molar-refractivity contribution in [3.63, 3.8) is 0 Å². The van der Waals surface area contributed by atoms with Crippen molar-refractivity contribution in [3.05, 3.63) is 41.5 Å². The Bertz CT molecular complexity index is 1150. The molecule has 1 fully saturated rings. The van der Waals surface area contributed by atoms with Crippen LogP contribution in [0.4, 0.5) is 8.78 Å². The summed E-state index contributed by atoms with van der Waals surface area (Å²) in [6, 6.07) is 8.54. The van der Waals surface area contributed by atoms with Gasteiger partial charge in [-0.1, -0.05) is 6.07 Å². The van der Waals surface area contributed by atoms with Crippen molar-refractivity contribution < 1.29 is 57.3 Å². The smallest absolute Gasteiger partial charge is 0.285 e. The lowest BCUT2D eigenvalue weighted by Crippen LogP contribution is -2.52. The maximum Gasteiger partial charge on any atom is 0.285 e. The minimum absolute atomic E-state index is 0.0294. The van der Waals surface area contributed by atoms with Crippen LogP contribution in [0.15, 0.2) is 30.3 Å². The second-order valence-electron chi connectivity index (χ2n) is 10.3. The Labute approximate surface area is 249 Å². The average Bonchev–Trinajstić information content (AvgIpc) is 3.48. The molecular weight excluding hydrogens is 572 g/mol. The number of aliphatic hydroxyl groups is 2. The lowest BCUT2D eigenvalue weighted by atomic mass is 9.79. The highest BCUT2D eigenvalue weighted by molar-refractivity contribution is 5.51. The summed E-state index contributed by atoms with van der Waals surface area (Å²) in [5.74, 6) is -0.995. The number of alkyl halides is 2. The Morgan fingerprint density at radius 3 is 2.33 bits per heavy atom. The van der Waals surface area contributed by atoms with Gasteiger partial charge < -0.3 is 53.9 Å². The molecule has 0 amide bonds. The normalized spacial score (nSPS) is 24.0. The summed E-state index contributed by atoms with van der Waals surface area (Å²) in [7, 11) is 4.59. The fourth-order valence-electron chi connectivity index (χ4n) is 5.51. The number of benzene rings is 2. The first kappa shape index (κ1) is 34.3. The molecule has 2 aromatic carbocycles. The molecule has 5 unspecified atom stereocenters. The minimum atomic E-state index is -3.21. The number of aromatic hydroxyl groups is 1. The van der Waals surface area contributed by atoms with Crippen LogP contribution in [0.5, 0.6) is 28.7 Å². The van der Waals surface area contributed by atoms with E-state index in [1.807, 2.05) is 18.9 Å². The molecular formula is C30H41F2NO10. The number of fused-ring (bicyclic) bond motifs is 2. The predicted molar refractivity (Wildman–Crippen MR) is 151 cm³/mol. The highest BCUT2D eigenvalue weighted by Gasteiger charge is 2.46. The first-order valence-corrected chi connectivity index (χ1v) is 13.9. The highest BCUT2D eigenvalue weighted by atomic mass is 19.3. The highest BCUT2D eigenvalue weighted by Crippen LogP contribution is 2.43. The lowest BCUT2D eigenvalue weighted by Gasteiger charge is -2.39. The quantitative estimate of drug-likeness (QED) is 0.331. The number of halogens is 2. The van der Waals surface area contributed by atoms with Crippen molar-refractivity contribution >= 4 is 6.79 Å². The van der Waals surface area contributed by atoms with E-state index in [2.05, 4.69) is 5.32 Å². The first-order chi connectivity index (χ1) is 20.7. The van der Waals surface area contributed by atoms with Crippen LogP contribution >= 0.6 is 0 Å². The Kier molecular flexibility index (Phi) is 12.8. The van der Waals surface area contributed by atoms with Gasteiger partial charge in [-0.25, -0.2) is 8.78 Å². The molecule has 3 aliphatic rings. The summed E-state index contributed by atoms with van der Waals surface area (Å²) in [5.41, 5.74) is 1.97. The van der Waals surface area contributed by atoms with E-state index in [-0.39, 0.29) is 37.3 Å². The van der Waals surface area contributed by atoms with E-state index >= 15 is 0 Å². The van der Waals surface area contributed by atoms with Crippen molar-refractivity contribution in [1.82, 2.24) is 5.32 Å². The number of nitrogens with one attached hydrogen (secondary N) is 1. The SMILES string of the molecule is C=O.COCC1CCc2cc3c(cc2C1NCC(F)(F)C1CC(O)CC(CO)O1)OCO3.COc1cccc(OC)c1O. The van der Waals surface area contributed by atoms with Crippen LogP contribution in [0.2, 0.25) is 0 Å². The Balaban J connectivity index is 0.000000327. The van der Waals surface area contributed by atoms with Crippen LogP contribution in [0, 0.1) is 5.92 Å². The van der Waals surface area contributed by atoms with E-state index in [1.54, 1.807) is 25.3 Å². The van der Waals surface area contributed by atoms with Gasteiger partial charge in [0.1, 0.15) is 12.9 Å². The first-order valence-electron chi connectivity index (χ1n) is 13.9. The predicted octanol–water partition coefficient (Wildman–Crippen LogP) is 3.02. The van der Waals surface area contributed by atoms with E-state index in [9.17, 15) is 24.1 Å². The largest absolute Gasteiger partial charge is 0.502 e. The third kappa shape index (κ3) is 8.45. The van der Waals surface area contributed by atoms with Crippen LogP contribution in [-0.2, 0) is 20.7 Å². The van der Waals surface area contributed by atoms with Crippen LogP contribution < -0.4 is 24.3 Å². The molecule has 11 nitrogen and oxygen atoms in total. The van der Waals surface area contributed by atoms with E-state index < -0.39 is 37.4 Å². The summed E-state index contributed by atoms with van der Waals surface area (Å²) in [6.45, 7) is 1.60. The number of para-hydroxylation sites is 1. The average molecular weight is 614 g/mol. The molecule has 5 rings (SSSR count). The number of aliphatic hydroxyl groups excluding tert-OH is 2. The van der Waals surface area contributed by atoms with Crippen molar-refractivity contribution in [2.75, 3.05) is 47.9 Å². The van der Waals surface area contributed by atoms with Gasteiger partial charge in [0.05, 0.1) is 46.2 Å². The number of methoxy groups -OCH3 is 3. The van der Waals surface area contributed by atoms with Gasteiger partial charge in [0.15, 0.2) is 23.0 Å². The number of hydrogen-bond donors (Lipinski definition) is 4. The molecule has 0 bridgehead atoms. The van der Waals surface area contributed by atoms with Crippen molar-refractivity contribution in [3.8, 4) is 28.7 Å². The molecule has 1 saturated heterocycles. The zero-order valence-corrected chi connectivity index (χ0v) is 24.6. The number of carbonyl (C=O) groups excluding carboxylic acids is 1. The van der Waals surface area contributed by atoms with Gasteiger partial charge in [0.25, 0.3) is 5.92 Å². The molecule has 0 aromatic heterocycles. The zero-order valence-electron chi connectivity index (χ0n) is 24.6. The van der Waals surface area contributed by atoms with Gasteiger partial charge in [-0.15, -0.1) is 0 Å². The molecule has 4 N–H and O–H groups in total. The van der Waals surface area contributed by atoms with Crippen molar-refractivity contribution in [1.29, 1.82) is 0 Å². The summed E-state index contributed by atoms with van der Waals surface area (Å²) in [4.78, 5) is 8.00. The lowest BCUT2D eigenvalue weighted by molar-refractivity contribution is -0.202. The molecule has 240 valence electrons. The topological polar surface area (TPSA) is 145 Å². The number of ether oxygens (including phenoxy) is 6. The maximum absolute atomic E-state index is 15.0. The van der Waals surface area contributed by atoms with Crippen LogP contribution in [-0.4, -0.2) is 94.2 Å². The van der Waals surface area contributed by atoms with Gasteiger partial charge in [-0.05, 0) is 48.2 Å². The van der Waals surface area contributed by atoms with Gasteiger partial charge in [0, 0.05) is 31.9 Å². The number of phenolic OH excluding ortho intramolecular Hbond substituents is 1. The molecule has 0 spiro atoms. The molecule has 1 aliphatic carbocycles. The minimum Gasteiger partial charge on any atom is -0.502 e. The third-order valence-electron chi connectivity index (χ3n) is 7.62. The number of hydrogen-bond acceptors (Lipinski definition) is 11. The van der Waals surface area contributed by atoms with E-state index in [0.717, 1.165) is 24.0 Å². The standard InChI is InChI=1S/C21H29F2NO6.C8H10O3.CH2O/c1-27-9-13-3-2-12-4-17-18(29-11-28-17)7-16(12)20(13)24-10-21(22,23)19-6-14(26)5-15(8-25)30-19;1-10-6-4-3-5-7(11-2)8(6)9;1-2/h4,7,13-15,19-20,24-26H,2-3,5-6,8-11H2,1H3;3-5,9H,1-2H3;1H2. The summed E-state index contributed by atoms with van der Waals surface area (Å²) < 4.78 is 61.3. The van der Waals surface area contributed by atoms with Gasteiger partial charge in [-0.2, -0.15) is 0 Å². The molecule has 5 atom stereocenters. The van der Waals surface area contributed by atoms with Gasteiger partial charge >= 0.3 is 0 Å². The van der Waals surface area contributed by atoms with Crippen molar-refractivity contribution in [2.45, 2.75) is 56.0 Å². The Morgan fingerprint density at radius 2 is 1.72 bits per heavy atom. The molecule has 0 saturated carbocycles. The van der Waals surface area contributed by atoms with Crippen LogP contribution in [0.1, 0.15) is 36.4 Å². The zero-order chi connectivity index (χ0) is 31.6. The second-order valence-corrected chi connectivity index (χ2v) is 10.3. The monoisotopic (exact) mass is 613 g/mol. The number of rotatable bonds is 9. The molecule has 2 aliphatic heterocycles. The van der Waals surface area contributed by atoms with E-state index in [0.29, 0.717) is 29.6 Å². The molecule has 0 radical (unpaired) electrons. The van der Waals surface area contributed by atoms with Crippen molar-refractivity contribution in [2.24, 2.45) is 5.92 Å². The number of phenols is 1. The van der Waals surface area contributed by atoms with E-state index in [1.165, 1.54) is 14.2 Å². The Hall–Kier alpha value is -3.23. The molecule has 2 heterocycles. The van der Waals surface area contributed by atoms with Gasteiger partial charge in [-0.3, -0.25) is 0 Å². The summed E-state index contributed by atoms with van der Waals surface area (Å²) in [6.07, 6.45) is -1.53. The molecule has 43 heavy (non-hydrogen) atoms. The Morgan fingerprint density at radius 1 is 1.07 bits per heavy atom. The van der Waals surface area contributed by atoms with Crippen LogP contribution in [0.3, 0.4) is 0 Å². The molecule has 13 heteroatoms. The number of aryl methyl sites for hydroxylation is 1. The fourth-order valence-corrected chi connectivity index (χ4v) is 5.51. The third-order valence-corrected chi connectivity index (χ3v) is 7.62. The maximum atomic E-state index is 15.0. The second kappa shape index (κ2) is 16.0. The fraction of sp³-hybridized carbons (Fsp3) is 0.567. The van der Waals surface area contributed by atoms with E-state index in [4.69, 9.17) is 33.2 Å². The van der Waals surface area contributed by atoms with Crippen LogP contribution in [0.25, 0.3) is 0 Å².